The van der Waals surface area contributed by atoms with Crippen LogP contribution in [0.3, 0.4) is 0 Å². The van der Waals surface area contributed by atoms with E-state index in [1.165, 1.54) is 17.6 Å². The van der Waals surface area contributed by atoms with Gasteiger partial charge in [0.15, 0.2) is 0 Å². The first-order chi connectivity index (χ1) is 15.1. The summed E-state index contributed by atoms with van der Waals surface area (Å²) < 4.78 is 30.4. The van der Waals surface area contributed by atoms with E-state index in [1.54, 1.807) is 19.2 Å². The van der Waals surface area contributed by atoms with Crippen molar-refractivity contribution < 1.29 is 17.9 Å². The molecule has 0 unspecified atom stereocenters. The molecule has 0 spiro atoms. The zero-order valence-electron chi connectivity index (χ0n) is 19.2. The predicted molar refractivity (Wildman–Crippen MR) is 128 cm³/mol. The molecule has 0 aromatic heterocycles. The number of carbonyl (C=O) groups is 1. The number of hydrogen-bond acceptors (Lipinski definition) is 5. The van der Waals surface area contributed by atoms with Gasteiger partial charge < -0.3 is 15.8 Å². The minimum atomic E-state index is -3.32. The summed E-state index contributed by atoms with van der Waals surface area (Å²) in [4.78, 5) is 12.5. The molecule has 8 heteroatoms. The standard InChI is InChI=1S/C24H33N3O4S/c1-26-20-11-13-24(14-12-20,23(25)28)16-19-15-18(7-10-22(19)31-3)17-5-8-21(9-6-17)27(2)32(4,29)30/h5-10,15,20,26H,11-14,16H2,1-4H3,(H2,25,28). The fourth-order valence-corrected chi connectivity index (χ4v) is 4.99. The third-order valence-corrected chi connectivity index (χ3v) is 7.95. The van der Waals surface area contributed by atoms with E-state index in [9.17, 15) is 13.2 Å². The Morgan fingerprint density at radius 2 is 1.75 bits per heavy atom. The molecule has 2 aromatic carbocycles. The van der Waals surface area contributed by atoms with Crippen molar-refractivity contribution in [3.63, 3.8) is 0 Å². The number of anilines is 1. The molecule has 1 amide bonds. The Labute approximate surface area is 191 Å². The second-order valence-electron chi connectivity index (χ2n) is 8.69. The van der Waals surface area contributed by atoms with E-state index in [-0.39, 0.29) is 5.91 Å². The number of nitrogens with two attached hydrogens (primary N) is 1. The molecule has 0 bridgehead atoms. The van der Waals surface area contributed by atoms with E-state index in [0.717, 1.165) is 48.1 Å². The molecule has 3 rings (SSSR count). The van der Waals surface area contributed by atoms with E-state index in [4.69, 9.17) is 10.5 Å². The number of primary amides is 1. The number of carbonyl (C=O) groups excluding carboxylic acids is 1. The second kappa shape index (κ2) is 9.50. The van der Waals surface area contributed by atoms with Crippen LogP contribution in [-0.2, 0) is 21.2 Å². The third kappa shape index (κ3) is 5.07. The van der Waals surface area contributed by atoms with Crippen LogP contribution in [-0.4, -0.2) is 47.8 Å². The first-order valence-corrected chi connectivity index (χ1v) is 12.6. The molecule has 1 saturated carbocycles. The van der Waals surface area contributed by atoms with Crippen LogP contribution >= 0.6 is 0 Å². The van der Waals surface area contributed by atoms with Crippen LogP contribution in [0.2, 0.25) is 0 Å². The molecule has 2 aromatic rings. The molecule has 7 nitrogen and oxygen atoms in total. The van der Waals surface area contributed by atoms with Crippen LogP contribution in [0.15, 0.2) is 42.5 Å². The number of amides is 1. The Morgan fingerprint density at radius 1 is 1.16 bits per heavy atom. The first kappa shape index (κ1) is 24.1. The van der Waals surface area contributed by atoms with E-state index >= 15 is 0 Å². The van der Waals surface area contributed by atoms with Crippen molar-refractivity contribution in [3.05, 3.63) is 48.0 Å². The summed E-state index contributed by atoms with van der Waals surface area (Å²) in [6.45, 7) is 0. The van der Waals surface area contributed by atoms with Gasteiger partial charge in [-0.05, 0) is 80.1 Å². The number of sulfonamides is 1. The molecule has 1 aliphatic carbocycles. The highest BCUT2D eigenvalue weighted by molar-refractivity contribution is 7.92. The normalized spacial score (nSPS) is 21.2. The molecule has 0 aliphatic heterocycles. The van der Waals surface area contributed by atoms with Crippen LogP contribution < -0.4 is 20.1 Å². The van der Waals surface area contributed by atoms with E-state index in [0.29, 0.717) is 18.2 Å². The minimum absolute atomic E-state index is 0.257. The molecule has 0 radical (unpaired) electrons. The van der Waals surface area contributed by atoms with Crippen molar-refractivity contribution in [1.82, 2.24) is 5.32 Å². The lowest BCUT2D eigenvalue weighted by atomic mass is 9.68. The van der Waals surface area contributed by atoms with E-state index in [1.807, 2.05) is 37.4 Å². The Hall–Kier alpha value is -2.58. The molecule has 174 valence electrons. The average molecular weight is 460 g/mol. The Balaban J connectivity index is 1.91. The van der Waals surface area contributed by atoms with Gasteiger partial charge in [-0.25, -0.2) is 8.42 Å². The Morgan fingerprint density at radius 3 is 2.25 bits per heavy atom. The zero-order chi connectivity index (χ0) is 23.5. The summed E-state index contributed by atoms with van der Waals surface area (Å²) in [5.41, 5.74) is 8.79. The van der Waals surface area contributed by atoms with Gasteiger partial charge in [0.05, 0.1) is 24.5 Å². The quantitative estimate of drug-likeness (QED) is 0.632. The molecule has 0 heterocycles. The maximum Gasteiger partial charge on any atom is 0.231 e. The van der Waals surface area contributed by atoms with Crippen molar-refractivity contribution in [2.75, 3.05) is 31.8 Å². The van der Waals surface area contributed by atoms with Crippen LogP contribution in [0, 0.1) is 5.41 Å². The Bertz CT molecular complexity index is 1060. The van der Waals surface area contributed by atoms with Gasteiger partial charge in [0.1, 0.15) is 5.75 Å². The van der Waals surface area contributed by atoms with E-state index < -0.39 is 15.4 Å². The summed E-state index contributed by atoms with van der Waals surface area (Å²) in [7, 11) is 1.79. The maximum atomic E-state index is 12.5. The lowest BCUT2D eigenvalue weighted by Gasteiger charge is -2.38. The van der Waals surface area contributed by atoms with Gasteiger partial charge in [-0.15, -0.1) is 0 Å². The molecule has 1 aliphatic rings. The fourth-order valence-electron chi connectivity index (χ4n) is 4.49. The summed E-state index contributed by atoms with van der Waals surface area (Å²) in [5.74, 6) is 0.478. The number of benzene rings is 2. The smallest absolute Gasteiger partial charge is 0.231 e. The van der Waals surface area contributed by atoms with Gasteiger partial charge in [0, 0.05) is 13.1 Å². The van der Waals surface area contributed by atoms with Gasteiger partial charge in [0.25, 0.3) is 0 Å². The summed E-state index contributed by atoms with van der Waals surface area (Å²) in [6.07, 6.45) is 5.02. The number of methoxy groups -OCH3 is 1. The number of rotatable bonds is 8. The van der Waals surface area contributed by atoms with Crippen LogP contribution in [0.1, 0.15) is 31.2 Å². The number of nitrogens with one attached hydrogen (secondary N) is 1. The second-order valence-corrected chi connectivity index (χ2v) is 10.7. The highest BCUT2D eigenvalue weighted by Crippen LogP contribution is 2.41. The number of ether oxygens (including phenoxy) is 1. The zero-order valence-corrected chi connectivity index (χ0v) is 20.0. The number of hydrogen-bond donors (Lipinski definition) is 2. The Kier molecular flexibility index (Phi) is 7.15. The largest absolute Gasteiger partial charge is 0.496 e. The average Bonchev–Trinajstić information content (AvgIpc) is 2.78. The van der Waals surface area contributed by atoms with E-state index in [2.05, 4.69) is 5.32 Å². The minimum Gasteiger partial charge on any atom is -0.496 e. The maximum absolute atomic E-state index is 12.5. The summed E-state index contributed by atoms with van der Waals surface area (Å²) >= 11 is 0. The molecule has 1 fully saturated rings. The van der Waals surface area contributed by atoms with Gasteiger partial charge in [-0.1, -0.05) is 18.2 Å². The highest BCUT2D eigenvalue weighted by Gasteiger charge is 2.40. The molecule has 32 heavy (non-hydrogen) atoms. The molecule has 3 N–H and O–H groups in total. The van der Waals surface area contributed by atoms with Gasteiger partial charge in [-0.2, -0.15) is 0 Å². The van der Waals surface area contributed by atoms with Crippen molar-refractivity contribution in [2.45, 2.75) is 38.1 Å². The SMILES string of the molecule is CNC1CCC(Cc2cc(-c3ccc(N(C)S(C)(=O)=O)cc3)ccc2OC)(C(N)=O)CC1. The van der Waals surface area contributed by atoms with Crippen molar-refractivity contribution >= 4 is 21.6 Å². The molecule has 0 saturated heterocycles. The lowest BCUT2D eigenvalue weighted by molar-refractivity contribution is -0.129. The van der Waals surface area contributed by atoms with Gasteiger partial charge in [-0.3, -0.25) is 9.10 Å². The number of nitrogens with zero attached hydrogens (tertiary/aromatic N) is 1. The van der Waals surface area contributed by atoms with Crippen molar-refractivity contribution in [3.8, 4) is 16.9 Å². The third-order valence-electron chi connectivity index (χ3n) is 6.74. The monoisotopic (exact) mass is 459 g/mol. The van der Waals surface area contributed by atoms with Crippen LogP contribution in [0.25, 0.3) is 11.1 Å². The predicted octanol–water partition coefficient (Wildman–Crippen LogP) is 2.93. The van der Waals surface area contributed by atoms with Crippen LogP contribution in [0.4, 0.5) is 5.69 Å². The topological polar surface area (TPSA) is 102 Å². The van der Waals surface area contributed by atoms with Crippen molar-refractivity contribution in [2.24, 2.45) is 11.1 Å². The van der Waals surface area contributed by atoms with Gasteiger partial charge >= 0.3 is 0 Å². The molecular formula is C24H33N3O4S. The van der Waals surface area contributed by atoms with Crippen molar-refractivity contribution in [1.29, 1.82) is 0 Å². The lowest BCUT2D eigenvalue weighted by Crippen LogP contribution is -2.45. The summed E-state index contributed by atoms with van der Waals surface area (Å²) in [5, 5.41) is 3.30. The highest BCUT2D eigenvalue weighted by atomic mass is 32.2. The molecular weight excluding hydrogens is 426 g/mol. The summed E-state index contributed by atoms with van der Waals surface area (Å²) in [6, 6.07) is 13.7. The molecule has 0 atom stereocenters. The fraction of sp³-hybridized carbons (Fsp3) is 0.458. The first-order valence-electron chi connectivity index (χ1n) is 10.8. The van der Waals surface area contributed by atoms with Gasteiger partial charge in [0.2, 0.25) is 15.9 Å². The van der Waals surface area contributed by atoms with Crippen LogP contribution in [0.5, 0.6) is 5.75 Å².